The molecule has 1 rings (SSSR count). The third-order valence-electron chi connectivity index (χ3n) is 2.75. The van der Waals surface area contributed by atoms with Crippen LogP contribution < -0.4 is 15.8 Å². The second-order valence-electron chi connectivity index (χ2n) is 4.42. The summed E-state index contributed by atoms with van der Waals surface area (Å²) in [6.07, 6.45) is 0.891. The highest BCUT2D eigenvalue weighted by molar-refractivity contribution is 7.89. The molecule has 0 bridgehead atoms. The lowest BCUT2D eigenvalue weighted by molar-refractivity contribution is -0.125. The van der Waals surface area contributed by atoms with Crippen molar-refractivity contribution in [1.82, 2.24) is 10.6 Å². The number of primary sulfonamides is 1. The van der Waals surface area contributed by atoms with E-state index in [-0.39, 0.29) is 23.3 Å². The van der Waals surface area contributed by atoms with Crippen molar-refractivity contribution >= 4 is 21.8 Å². The third-order valence-corrected chi connectivity index (χ3v) is 3.68. The summed E-state index contributed by atoms with van der Waals surface area (Å²) < 4.78 is 22.2. The fourth-order valence-corrected chi connectivity index (χ4v) is 2.07. The van der Waals surface area contributed by atoms with Crippen LogP contribution in [0.25, 0.3) is 0 Å². The minimum absolute atomic E-state index is 0.0446. The van der Waals surface area contributed by atoms with Crippen molar-refractivity contribution in [1.29, 1.82) is 0 Å². The Hall–Kier alpha value is -1.93. The molecule has 0 aliphatic rings. The van der Waals surface area contributed by atoms with E-state index in [4.69, 9.17) is 5.14 Å². The highest BCUT2D eigenvalue weighted by atomic mass is 32.2. The van der Waals surface area contributed by atoms with Gasteiger partial charge < -0.3 is 10.6 Å². The Morgan fingerprint density at radius 1 is 1.10 bits per heavy atom. The molecule has 116 valence electrons. The Kier molecular flexibility index (Phi) is 6.32. The number of hydrogen-bond donors (Lipinski definition) is 3. The van der Waals surface area contributed by atoms with Crippen molar-refractivity contribution in [3.63, 3.8) is 0 Å². The Morgan fingerprint density at radius 3 is 2.24 bits per heavy atom. The number of nitrogens with two attached hydrogens (primary N) is 1. The third kappa shape index (κ3) is 6.37. The molecule has 0 spiro atoms. The molecule has 21 heavy (non-hydrogen) atoms. The van der Waals surface area contributed by atoms with Gasteiger partial charge in [-0.3, -0.25) is 9.59 Å². The van der Waals surface area contributed by atoms with E-state index in [1.165, 1.54) is 12.1 Å². The van der Waals surface area contributed by atoms with Crippen LogP contribution >= 0.6 is 0 Å². The average Bonchev–Trinajstić information content (AvgIpc) is 2.44. The van der Waals surface area contributed by atoms with Gasteiger partial charge in [0, 0.05) is 13.0 Å². The fraction of sp³-hybridized carbons (Fsp3) is 0.385. The molecule has 0 fully saturated rings. The van der Waals surface area contributed by atoms with E-state index in [2.05, 4.69) is 10.6 Å². The van der Waals surface area contributed by atoms with Gasteiger partial charge in [0.2, 0.25) is 21.8 Å². The first-order chi connectivity index (χ1) is 9.82. The van der Waals surface area contributed by atoms with Gasteiger partial charge in [-0.2, -0.15) is 0 Å². The van der Waals surface area contributed by atoms with Crippen LogP contribution in [0.5, 0.6) is 0 Å². The van der Waals surface area contributed by atoms with Crippen molar-refractivity contribution in [2.45, 2.75) is 24.7 Å². The smallest absolute Gasteiger partial charge is 0.239 e. The molecule has 0 aliphatic heterocycles. The van der Waals surface area contributed by atoms with Gasteiger partial charge in [-0.05, 0) is 24.1 Å². The summed E-state index contributed by atoms with van der Waals surface area (Å²) in [6.45, 7) is 2.06. The second-order valence-corrected chi connectivity index (χ2v) is 5.98. The minimum Gasteiger partial charge on any atom is -0.354 e. The summed E-state index contributed by atoms with van der Waals surface area (Å²) >= 11 is 0. The van der Waals surface area contributed by atoms with E-state index in [0.29, 0.717) is 19.4 Å². The van der Waals surface area contributed by atoms with E-state index in [0.717, 1.165) is 5.56 Å². The van der Waals surface area contributed by atoms with Crippen LogP contribution in [-0.2, 0) is 26.0 Å². The second kappa shape index (κ2) is 7.75. The number of amides is 2. The summed E-state index contributed by atoms with van der Waals surface area (Å²) in [4.78, 5) is 22.4. The van der Waals surface area contributed by atoms with Gasteiger partial charge in [-0.25, -0.2) is 13.6 Å². The molecule has 4 N–H and O–H groups in total. The van der Waals surface area contributed by atoms with Crippen LogP contribution in [0.15, 0.2) is 29.2 Å². The lowest BCUT2D eigenvalue weighted by Gasteiger charge is -2.07. The quantitative estimate of drug-likeness (QED) is 0.630. The number of hydrogen-bond acceptors (Lipinski definition) is 4. The largest absolute Gasteiger partial charge is 0.354 e. The summed E-state index contributed by atoms with van der Waals surface area (Å²) in [6, 6.07) is 6.14. The molecule has 0 aromatic heterocycles. The molecule has 8 heteroatoms. The Balaban J connectivity index is 2.36. The number of nitrogens with one attached hydrogen (secondary N) is 2. The predicted molar refractivity (Wildman–Crippen MR) is 77.8 cm³/mol. The number of sulfonamides is 1. The molecule has 1 aromatic rings. The Morgan fingerprint density at radius 2 is 1.71 bits per heavy atom. The molecule has 2 amide bonds. The maximum atomic E-state index is 11.4. The van der Waals surface area contributed by atoms with E-state index < -0.39 is 10.0 Å². The van der Waals surface area contributed by atoms with Gasteiger partial charge >= 0.3 is 0 Å². The fourth-order valence-electron chi connectivity index (χ4n) is 1.56. The highest BCUT2D eigenvalue weighted by Gasteiger charge is 2.07. The molecule has 0 unspecified atom stereocenters. The zero-order valence-corrected chi connectivity index (χ0v) is 12.6. The van der Waals surface area contributed by atoms with Crippen molar-refractivity contribution in [2.24, 2.45) is 5.14 Å². The zero-order valence-electron chi connectivity index (χ0n) is 11.8. The monoisotopic (exact) mass is 313 g/mol. The van der Waals surface area contributed by atoms with Gasteiger partial charge in [0.25, 0.3) is 0 Å². The highest BCUT2D eigenvalue weighted by Crippen LogP contribution is 2.08. The van der Waals surface area contributed by atoms with Crippen molar-refractivity contribution in [2.75, 3.05) is 13.1 Å². The minimum atomic E-state index is -3.68. The Bertz CT molecular complexity index is 596. The summed E-state index contributed by atoms with van der Waals surface area (Å²) in [5, 5.41) is 10.1. The van der Waals surface area contributed by atoms with Gasteiger partial charge in [0.15, 0.2) is 0 Å². The van der Waals surface area contributed by atoms with E-state index in [1.807, 2.05) is 0 Å². The molecule has 1 aromatic carbocycles. The molecule has 0 aliphatic carbocycles. The maximum absolute atomic E-state index is 11.4. The molecule has 0 atom stereocenters. The van der Waals surface area contributed by atoms with Crippen LogP contribution in [0.1, 0.15) is 18.9 Å². The van der Waals surface area contributed by atoms with Crippen molar-refractivity contribution in [3.8, 4) is 0 Å². The normalized spacial score (nSPS) is 11.0. The van der Waals surface area contributed by atoms with Crippen LogP contribution in [0, 0.1) is 0 Å². The number of carbonyl (C=O) groups excluding carboxylic acids is 2. The summed E-state index contributed by atoms with van der Waals surface area (Å²) in [5.74, 6) is -0.443. The standard InChI is InChI=1S/C13H19N3O4S/c1-2-12(17)16-9-13(18)15-8-7-10-3-5-11(6-4-10)21(14,19)20/h3-6H,2,7-9H2,1H3,(H,15,18)(H,16,17)(H2,14,19,20). The van der Waals surface area contributed by atoms with Crippen LogP contribution in [0.4, 0.5) is 0 Å². The van der Waals surface area contributed by atoms with Gasteiger partial charge in [-0.15, -0.1) is 0 Å². The molecule has 0 saturated heterocycles. The first-order valence-electron chi connectivity index (χ1n) is 6.48. The lowest BCUT2D eigenvalue weighted by Crippen LogP contribution is -2.37. The van der Waals surface area contributed by atoms with Gasteiger partial charge in [0.1, 0.15) is 0 Å². The summed E-state index contributed by atoms with van der Waals surface area (Å²) in [7, 11) is -3.68. The van der Waals surface area contributed by atoms with Crippen molar-refractivity contribution in [3.05, 3.63) is 29.8 Å². The average molecular weight is 313 g/mol. The number of rotatable bonds is 7. The van der Waals surface area contributed by atoms with Gasteiger partial charge in [0.05, 0.1) is 11.4 Å². The topological polar surface area (TPSA) is 118 Å². The van der Waals surface area contributed by atoms with Crippen LogP contribution in [0.2, 0.25) is 0 Å². The van der Waals surface area contributed by atoms with Gasteiger partial charge in [-0.1, -0.05) is 19.1 Å². The SMILES string of the molecule is CCC(=O)NCC(=O)NCCc1ccc(S(N)(=O)=O)cc1. The zero-order chi connectivity index (χ0) is 15.9. The number of carbonyl (C=O) groups is 2. The molecule has 0 saturated carbocycles. The van der Waals surface area contributed by atoms with E-state index in [1.54, 1.807) is 19.1 Å². The number of benzene rings is 1. The molecule has 7 nitrogen and oxygen atoms in total. The van der Waals surface area contributed by atoms with Crippen LogP contribution in [-0.4, -0.2) is 33.3 Å². The summed E-state index contributed by atoms with van der Waals surface area (Å²) in [5.41, 5.74) is 0.875. The van der Waals surface area contributed by atoms with Crippen molar-refractivity contribution < 1.29 is 18.0 Å². The first kappa shape index (κ1) is 17.1. The van der Waals surface area contributed by atoms with E-state index >= 15 is 0 Å². The van der Waals surface area contributed by atoms with E-state index in [9.17, 15) is 18.0 Å². The maximum Gasteiger partial charge on any atom is 0.239 e. The Labute approximate surface area is 124 Å². The predicted octanol–water partition coefficient (Wildman–Crippen LogP) is -0.481. The molecule has 0 radical (unpaired) electrons. The molecular weight excluding hydrogens is 294 g/mol. The molecular formula is C13H19N3O4S. The van der Waals surface area contributed by atoms with Crippen LogP contribution in [0.3, 0.4) is 0 Å². The lowest BCUT2D eigenvalue weighted by atomic mass is 10.1. The first-order valence-corrected chi connectivity index (χ1v) is 8.02. The molecule has 0 heterocycles.